The van der Waals surface area contributed by atoms with Crippen LogP contribution in [0.2, 0.25) is 0 Å². The van der Waals surface area contributed by atoms with E-state index in [4.69, 9.17) is 5.73 Å². The molecule has 1 saturated carbocycles. The largest absolute Gasteiger partial charge is 0.352 e. The van der Waals surface area contributed by atoms with E-state index in [1.165, 1.54) is 19.3 Å². The molecule has 0 atom stereocenters. The molecule has 1 aromatic heterocycles. The number of nitrogens with two attached hydrogens (primary N) is 1. The molecule has 1 aromatic rings. The van der Waals surface area contributed by atoms with E-state index in [2.05, 4.69) is 4.72 Å². The third-order valence-electron chi connectivity index (χ3n) is 4.03. The number of rotatable bonds is 4. The summed E-state index contributed by atoms with van der Waals surface area (Å²) in [5.41, 5.74) is 6.42. The van der Waals surface area contributed by atoms with E-state index < -0.39 is 10.0 Å². The van der Waals surface area contributed by atoms with Gasteiger partial charge in [-0.1, -0.05) is 32.1 Å². The Hall–Kier alpha value is -0.850. The van der Waals surface area contributed by atoms with Gasteiger partial charge in [0.15, 0.2) is 0 Å². The summed E-state index contributed by atoms with van der Waals surface area (Å²) < 4.78 is 29.5. The van der Waals surface area contributed by atoms with Gasteiger partial charge < -0.3 is 10.3 Å². The maximum absolute atomic E-state index is 12.4. The summed E-state index contributed by atoms with van der Waals surface area (Å²) in [5.74, 6) is 0. The number of sulfonamides is 1. The molecule has 3 N–H and O–H groups in total. The number of aromatic nitrogens is 1. The van der Waals surface area contributed by atoms with Gasteiger partial charge in [0.05, 0.1) is 4.90 Å². The Bertz CT molecular complexity index is 529. The van der Waals surface area contributed by atoms with E-state index in [9.17, 15) is 8.42 Å². The first-order chi connectivity index (χ1) is 9.53. The number of hydrogen-bond acceptors (Lipinski definition) is 3. The van der Waals surface area contributed by atoms with Crippen LogP contribution in [0.3, 0.4) is 0 Å². The molecule has 2 rings (SSSR count). The van der Waals surface area contributed by atoms with Crippen molar-refractivity contribution in [3.63, 3.8) is 0 Å². The fourth-order valence-electron chi connectivity index (χ4n) is 2.79. The SMILES string of the molecule is Cn1cc(S(=O)(=O)NC2CCCCCCC2)cc1CN. The Morgan fingerprint density at radius 1 is 1.25 bits per heavy atom. The van der Waals surface area contributed by atoms with Gasteiger partial charge in [-0.2, -0.15) is 0 Å². The lowest BCUT2D eigenvalue weighted by molar-refractivity contribution is 0.426. The summed E-state index contributed by atoms with van der Waals surface area (Å²) in [6, 6.07) is 1.73. The summed E-state index contributed by atoms with van der Waals surface area (Å²) in [6.45, 7) is 0.343. The summed E-state index contributed by atoms with van der Waals surface area (Å²) in [4.78, 5) is 0.322. The Labute approximate surface area is 121 Å². The second-order valence-corrected chi connectivity index (χ2v) is 7.36. The smallest absolute Gasteiger partial charge is 0.242 e. The molecule has 0 radical (unpaired) electrons. The molecule has 0 amide bonds. The quantitative estimate of drug-likeness (QED) is 0.891. The molecule has 0 aliphatic heterocycles. The molecule has 1 aliphatic rings. The van der Waals surface area contributed by atoms with Crippen LogP contribution < -0.4 is 10.5 Å². The second kappa shape index (κ2) is 6.74. The van der Waals surface area contributed by atoms with E-state index in [0.29, 0.717) is 11.4 Å². The van der Waals surface area contributed by atoms with Gasteiger partial charge >= 0.3 is 0 Å². The van der Waals surface area contributed by atoms with Crippen LogP contribution in [0.4, 0.5) is 0 Å². The van der Waals surface area contributed by atoms with Crippen LogP contribution in [0, 0.1) is 0 Å². The lowest BCUT2D eigenvalue weighted by atomic mass is 9.97. The number of aryl methyl sites for hydroxylation is 1. The van der Waals surface area contributed by atoms with Crippen molar-refractivity contribution in [3.05, 3.63) is 18.0 Å². The maximum Gasteiger partial charge on any atom is 0.242 e. The third kappa shape index (κ3) is 3.84. The molecular formula is C14H25N3O2S. The van der Waals surface area contributed by atoms with Gasteiger partial charge in [0.25, 0.3) is 0 Å². The molecule has 0 spiro atoms. The molecule has 1 heterocycles. The highest BCUT2D eigenvalue weighted by molar-refractivity contribution is 7.89. The standard InChI is InChI=1S/C14H25N3O2S/c1-17-11-14(9-13(17)10-15)20(18,19)16-12-7-5-3-2-4-6-8-12/h9,11-12,16H,2-8,10,15H2,1H3. The van der Waals surface area contributed by atoms with Crippen molar-refractivity contribution in [2.24, 2.45) is 12.8 Å². The Kier molecular flexibility index (Phi) is 5.23. The average molecular weight is 299 g/mol. The number of nitrogens with one attached hydrogen (secondary N) is 1. The fraction of sp³-hybridized carbons (Fsp3) is 0.714. The Balaban J connectivity index is 2.08. The van der Waals surface area contributed by atoms with Gasteiger partial charge in [-0.25, -0.2) is 13.1 Å². The van der Waals surface area contributed by atoms with Gasteiger partial charge in [-0.05, 0) is 18.9 Å². The zero-order chi connectivity index (χ0) is 14.6. The predicted molar refractivity (Wildman–Crippen MR) is 79.7 cm³/mol. The van der Waals surface area contributed by atoms with Gasteiger partial charge in [-0.15, -0.1) is 0 Å². The summed E-state index contributed by atoms with van der Waals surface area (Å²) in [5, 5.41) is 0. The summed E-state index contributed by atoms with van der Waals surface area (Å²) in [6.07, 6.45) is 9.42. The van der Waals surface area contributed by atoms with Crippen molar-refractivity contribution in [1.29, 1.82) is 0 Å². The van der Waals surface area contributed by atoms with E-state index >= 15 is 0 Å². The molecule has 6 heteroatoms. The van der Waals surface area contributed by atoms with Crippen molar-refractivity contribution in [2.75, 3.05) is 0 Å². The predicted octanol–water partition coefficient (Wildman–Crippen LogP) is 1.87. The first kappa shape index (κ1) is 15.5. The molecule has 1 aliphatic carbocycles. The van der Waals surface area contributed by atoms with Crippen molar-refractivity contribution >= 4 is 10.0 Å². The molecule has 114 valence electrons. The molecule has 0 unspecified atom stereocenters. The monoisotopic (exact) mass is 299 g/mol. The number of hydrogen-bond donors (Lipinski definition) is 2. The highest BCUT2D eigenvalue weighted by Gasteiger charge is 2.22. The summed E-state index contributed by atoms with van der Waals surface area (Å²) >= 11 is 0. The lowest BCUT2D eigenvalue weighted by Gasteiger charge is -2.20. The van der Waals surface area contributed by atoms with Crippen LogP contribution in [-0.4, -0.2) is 19.0 Å². The first-order valence-corrected chi connectivity index (χ1v) is 8.89. The minimum Gasteiger partial charge on any atom is -0.352 e. The van der Waals surface area contributed by atoms with Gasteiger partial charge in [0, 0.05) is 31.5 Å². The van der Waals surface area contributed by atoms with E-state index in [-0.39, 0.29) is 6.04 Å². The molecule has 1 fully saturated rings. The Morgan fingerprint density at radius 3 is 2.40 bits per heavy atom. The molecule has 5 nitrogen and oxygen atoms in total. The zero-order valence-electron chi connectivity index (χ0n) is 12.1. The van der Waals surface area contributed by atoms with Gasteiger partial charge in [-0.3, -0.25) is 0 Å². The van der Waals surface area contributed by atoms with Crippen molar-refractivity contribution in [1.82, 2.24) is 9.29 Å². The normalized spacial score (nSPS) is 18.7. The van der Waals surface area contributed by atoms with Crippen LogP contribution in [-0.2, 0) is 23.6 Å². The lowest BCUT2D eigenvalue weighted by Crippen LogP contribution is -2.35. The van der Waals surface area contributed by atoms with E-state index in [1.54, 1.807) is 16.8 Å². The van der Waals surface area contributed by atoms with Gasteiger partial charge in [0.2, 0.25) is 10.0 Å². The molecular weight excluding hydrogens is 274 g/mol. The maximum atomic E-state index is 12.4. The molecule has 0 aromatic carbocycles. The molecule has 0 saturated heterocycles. The first-order valence-electron chi connectivity index (χ1n) is 7.40. The van der Waals surface area contributed by atoms with Crippen LogP contribution >= 0.6 is 0 Å². The zero-order valence-corrected chi connectivity index (χ0v) is 13.0. The second-order valence-electron chi connectivity index (χ2n) is 5.65. The average Bonchev–Trinajstić information content (AvgIpc) is 2.74. The Morgan fingerprint density at radius 2 is 1.85 bits per heavy atom. The molecule has 0 bridgehead atoms. The van der Waals surface area contributed by atoms with Gasteiger partial charge in [0.1, 0.15) is 0 Å². The van der Waals surface area contributed by atoms with Crippen LogP contribution in [0.5, 0.6) is 0 Å². The van der Waals surface area contributed by atoms with Crippen LogP contribution in [0.15, 0.2) is 17.2 Å². The van der Waals surface area contributed by atoms with Crippen LogP contribution in [0.25, 0.3) is 0 Å². The minimum atomic E-state index is -3.43. The minimum absolute atomic E-state index is 0.0711. The third-order valence-corrected chi connectivity index (χ3v) is 5.52. The fourth-order valence-corrected chi connectivity index (χ4v) is 4.19. The summed E-state index contributed by atoms with van der Waals surface area (Å²) in [7, 11) is -1.61. The van der Waals surface area contributed by atoms with Crippen molar-refractivity contribution in [3.8, 4) is 0 Å². The highest BCUT2D eigenvalue weighted by Crippen LogP contribution is 2.20. The topological polar surface area (TPSA) is 77.1 Å². The molecule has 20 heavy (non-hydrogen) atoms. The highest BCUT2D eigenvalue weighted by atomic mass is 32.2. The van der Waals surface area contributed by atoms with E-state index in [0.717, 1.165) is 31.4 Å². The van der Waals surface area contributed by atoms with Crippen molar-refractivity contribution in [2.45, 2.75) is 62.4 Å². The number of nitrogens with zero attached hydrogens (tertiary/aromatic N) is 1. The van der Waals surface area contributed by atoms with Crippen molar-refractivity contribution < 1.29 is 8.42 Å². The van der Waals surface area contributed by atoms with Crippen LogP contribution in [0.1, 0.15) is 50.6 Å². The van der Waals surface area contributed by atoms with E-state index in [1.807, 2.05) is 7.05 Å².